The van der Waals surface area contributed by atoms with Crippen molar-refractivity contribution in [2.75, 3.05) is 26.2 Å². The van der Waals surface area contributed by atoms with Crippen LogP contribution >= 0.6 is 0 Å². The molecule has 1 N–H and O–H groups in total. The van der Waals surface area contributed by atoms with Crippen LogP contribution in [0.15, 0.2) is 54.6 Å². The summed E-state index contributed by atoms with van der Waals surface area (Å²) < 4.78 is 41.7. The number of alkyl halides is 3. The summed E-state index contributed by atoms with van der Waals surface area (Å²) in [6, 6.07) is 16.8. The molecule has 1 unspecified atom stereocenters. The summed E-state index contributed by atoms with van der Waals surface area (Å²) in [6.45, 7) is 10.7. The Hall–Kier alpha value is -2.05. The van der Waals surface area contributed by atoms with Crippen molar-refractivity contribution < 1.29 is 17.9 Å². The molecule has 4 rings (SSSR count). The highest BCUT2D eigenvalue weighted by molar-refractivity contribution is 5.37. The summed E-state index contributed by atoms with van der Waals surface area (Å²) >= 11 is 0. The lowest BCUT2D eigenvalue weighted by atomic mass is 9.75. The van der Waals surface area contributed by atoms with Crippen LogP contribution in [0.25, 0.3) is 0 Å². The van der Waals surface area contributed by atoms with Gasteiger partial charge in [-0.1, -0.05) is 56.3 Å². The topological polar surface area (TPSA) is 24.5 Å². The SMILES string of the molecule is CC.CC1(N2CCC(C(c3ccccc3)c3ccc(OC(F)(F)F)cc3)CC2)CCNCC1. The van der Waals surface area contributed by atoms with Gasteiger partial charge in [0, 0.05) is 11.5 Å². The van der Waals surface area contributed by atoms with Gasteiger partial charge in [-0.15, -0.1) is 13.2 Å². The number of hydrogen-bond acceptors (Lipinski definition) is 3. The molecule has 0 saturated carbocycles. The van der Waals surface area contributed by atoms with Crippen molar-refractivity contribution in [1.29, 1.82) is 0 Å². The molecular weight excluding hydrogens is 425 g/mol. The maximum atomic E-state index is 12.5. The van der Waals surface area contributed by atoms with Crippen molar-refractivity contribution in [2.45, 2.75) is 64.3 Å². The summed E-state index contributed by atoms with van der Waals surface area (Å²) in [5.74, 6) is 0.458. The Morgan fingerprint density at radius 1 is 0.909 bits per heavy atom. The van der Waals surface area contributed by atoms with E-state index in [1.807, 2.05) is 32.0 Å². The van der Waals surface area contributed by atoms with E-state index in [0.717, 1.165) is 44.6 Å². The van der Waals surface area contributed by atoms with E-state index in [4.69, 9.17) is 0 Å². The Kier molecular flexibility index (Phi) is 8.82. The normalized spacial score (nSPS) is 20.4. The average molecular weight is 463 g/mol. The maximum Gasteiger partial charge on any atom is 0.573 e. The van der Waals surface area contributed by atoms with E-state index in [2.05, 4.69) is 34.0 Å². The zero-order chi connectivity index (χ0) is 23.9. The first-order valence-corrected chi connectivity index (χ1v) is 12.2. The lowest BCUT2D eigenvalue weighted by Gasteiger charge is -2.48. The van der Waals surface area contributed by atoms with Crippen molar-refractivity contribution in [3.8, 4) is 5.75 Å². The summed E-state index contributed by atoms with van der Waals surface area (Å²) in [4.78, 5) is 2.66. The van der Waals surface area contributed by atoms with Crippen LogP contribution in [0.2, 0.25) is 0 Å². The minimum Gasteiger partial charge on any atom is -0.406 e. The van der Waals surface area contributed by atoms with Gasteiger partial charge in [0.15, 0.2) is 0 Å². The third kappa shape index (κ3) is 6.73. The number of nitrogens with zero attached hydrogens (tertiary/aromatic N) is 1. The summed E-state index contributed by atoms with van der Waals surface area (Å²) in [7, 11) is 0. The van der Waals surface area contributed by atoms with Gasteiger partial charge in [-0.2, -0.15) is 0 Å². The van der Waals surface area contributed by atoms with Gasteiger partial charge in [-0.25, -0.2) is 0 Å². The van der Waals surface area contributed by atoms with Gasteiger partial charge in [-0.3, -0.25) is 4.90 Å². The minimum absolute atomic E-state index is 0.170. The quantitative estimate of drug-likeness (QED) is 0.542. The van der Waals surface area contributed by atoms with Crippen LogP contribution in [0, 0.1) is 5.92 Å². The second kappa shape index (κ2) is 11.4. The minimum atomic E-state index is -4.67. The van der Waals surface area contributed by atoms with Crippen molar-refractivity contribution in [3.05, 3.63) is 65.7 Å². The van der Waals surface area contributed by atoms with Gasteiger partial charge in [0.25, 0.3) is 0 Å². The van der Waals surface area contributed by atoms with Crippen LogP contribution in [-0.2, 0) is 0 Å². The van der Waals surface area contributed by atoms with Gasteiger partial charge >= 0.3 is 6.36 Å². The van der Waals surface area contributed by atoms with Crippen molar-refractivity contribution in [1.82, 2.24) is 10.2 Å². The number of benzene rings is 2. The number of likely N-dealkylation sites (tertiary alicyclic amines) is 1. The van der Waals surface area contributed by atoms with Crippen LogP contribution in [0.4, 0.5) is 13.2 Å². The third-order valence-corrected chi connectivity index (χ3v) is 7.09. The highest BCUT2D eigenvalue weighted by Gasteiger charge is 2.37. The zero-order valence-corrected chi connectivity index (χ0v) is 20.0. The number of piperidine rings is 2. The predicted octanol–water partition coefficient (Wildman–Crippen LogP) is 6.60. The molecule has 2 saturated heterocycles. The second-order valence-corrected chi connectivity index (χ2v) is 9.08. The number of rotatable bonds is 5. The Morgan fingerprint density at radius 2 is 1.45 bits per heavy atom. The van der Waals surface area contributed by atoms with E-state index in [-0.39, 0.29) is 17.2 Å². The summed E-state index contributed by atoms with van der Waals surface area (Å²) in [6.07, 6.45) is -0.133. The van der Waals surface area contributed by atoms with E-state index in [0.29, 0.717) is 5.92 Å². The first-order valence-electron chi connectivity index (χ1n) is 12.2. The first-order chi connectivity index (χ1) is 15.8. The molecule has 2 aromatic rings. The Bertz CT molecular complexity index is 825. The number of ether oxygens (including phenoxy) is 1. The lowest BCUT2D eigenvalue weighted by molar-refractivity contribution is -0.274. The molecule has 3 nitrogen and oxygen atoms in total. The first kappa shape index (κ1) is 25.6. The van der Waals surface area contributed by atoms with E-state index < -0.39 is 6.36 Å². The molecule has 0 bridgehead atoms. The summed E-state index contributed by atoms with van der Waals surface area (Å²) in [5.41, 5.74) is 2.54. The molecule has 0 aliphatic carbocycles. The molecule has 2 heterocycles. The second-order valence-electron chi connectivity index (χ2n) is 9.08. The van der Waals surface area contributed by atoms with Crippen LogP contribution < -0.4 is 10.1 Å². The van der Waals surface area contributed by atoms with Crippen LogP contribution in [0.3, 0.4) is 0 Å². The monoisotopic (exact) mass is 462 g/mol. The van der Waals surface area contributed by atoms with E-state index >= 15 is 0 Å². The van der Waals surface area contributed by atoms with Gasteiger partial charge in [0.1, 0.15) is 5.75 Å². The number of halogens is 3. The lowest BCUT2D eigenvalue weighted by Crippen LogP contribution is -2.55. The molecular formula is C27H37F3N2O. The maximum absolute atomic E-state index is 12.5. The zero-order valence-electron chi connectivity index (χ0n) is 20.0. The number of nitrogens with one attached hydrogen (secondary N) is 1. The predicted molar refractivity (Wildman–Crippen MR) is 128 cm³/mol. The average Bonchev–Trinajstić information content (AvgIpc) is 2.82. The third-order valence-electron chi connectivity index (χ3n) is 7.09. The molecule has 2 aromatic carbocycles. The molecule has 33 heavy (non-hydrogen) atoms. The van der Waals surface area contributed by atoms with E-state index in [1.54, 1.807) is 12.1 Å². The van der Waals surface area contributed by atoms with Crippen molar-refractivity contribution in [2.24, 2.45) is 5.92 Å². The van der Waals surface area contributed by atoms with Gasteiger partial charge in [0.2, 0.25) is 0 Å². The molecule has 6 heteroatoms. The highest BCUT2D eigenvalue weighted by atomic mass is 19.4. The standard InChI is InChI=1S/C25H31F3N2O.C2H6/c1-24(13-15-29-16-14-24)30-17-11-21(12-18-30)23(19-5-3-2-4-6-19)20-7-9-22(10-8-20)31-25(26,27)28;1-2/h2-10,21,23,29H,11-18H2,1H3;1-2H3. The summed E-state index contributed by atoms with van der Waals surface area (Å²) in [5, 5.41) is 3.46. The van der Waals surface area contributed by atoms with Gasteiger partial charge in [0.05, 0.1) is 0 Å². The molecule has 182 valence electrons. The highest BCUT2D eigenvalue weighted by Crippen LogP contribution is 2.40. The smallest absolute Gasteiger partial charge is 0.406 e. The molecule has 0 radical (unpaired) electrons. The largest absolute Gasteiger partial charge is 0.573 e. The van der Waals surface area contributed by atoms with Crippen LogP contribution in [-0.4, -0.2) is 43.0 Å². The fraction of sp³-hybridized carbons (Fsp3) is 0.556. The molecule has 2 aliphatic rings. The van der Waals surface area contributed by atoms with Gasteiger partial charge in [-0.05, 0) is 88.0 Å². The molecule has 1 atom stereocenters. The van der Waals surface area contributed by atoms with Gasteiger partial charge < -0.3 is 10.1 Å². The Balaban J connectivity index is 0.00000149. The van der Waals surface area contributed by atoms with Crippen LogP contribution in [0.1, 0.15) is 63.5 Å². The molecule has 2 aliphatic heterocycles. The van der Waals surface area contributed by atoms with Crippen LogP contribution in [0.5, 0.6) is 5.75 Å². The fourth-order valence-electron chi connectivity index (χ4n) is 5.33. The Labute approximate surface area is 196 Å². The van der Waals surface area contributed by atoms with Crippen molar-refractivity contribution in [3.63, 3.8) is 0 Å². The Morgan fingerprint density at radius 3 is 2.00 bits per heavy atom. The fourth-order valence-corrected chi connectivity index (χ4v) is 5.33. The van der Waals surface area contributed by atoms with E-state index in [9.17, 15) is 13.2 Å². The molecule has 0 spiro atoms. The molecule has 0 amide bonds. The number of hydrogen-bond donors (Lipinski definition) is 1. The molecule has 2 fully saturated rings. The van der Waals surface area contributed by atoms with Crippen molar-refractivity contribution >= 4 is 0 Å². The van der Waals surface area contributed by atoms with E-state index in [1.165, 1.54) is 30.5 Å². The molecule has 0 aromatic heterocycles.